The van der Waals surface area contributed by atoms with E-state index in [0.717, 1.165) is 38.0 Å². The fourth-order valence-corrected chi connectivity index (χ4v) is 4.81. The number of sulfonamides is 1. The number of benzene rings is 2. The molecule has 178 valence electrons. The summed E-state index contributed by atoms with van der Waals surface area (Å²) >= 11 is 0. The fraction of sp³-hybridized carbons (Fsp3) is 0.435. The summed E-state index contributed by atoms with van der Waals surface area (Å²) in [6.07, 6.45) is 2.17. The summed E-state index contributed by atoms with van der Waals surface area (Å²) in [6, 6.07) is 16.6. The highest BCUT2D eigenvalue weighted by atomic mass is 32.2. The number of primary sulfonamides is 1. The number of carbonyl (C=O) groups excluding carboxylic acids is 1. The van der Waals surface area contributed by atoms with Gasteiger partial charge in [-0.2, -0.15) is 5.53 Å². The van der Waals surface area contributed by atoms with E-state index in [0.29, 0.717) is 25.6 Å². The second-order valence-electron chi connectivity index (χ2n) is 8.83. The highest BCUT2D eigenvalue weighted by molar-refractivity contribution is 7.89. The third-order valence-electron chi connectivity index (χ3n) is 6.26. The zero-order valence-corrected chi connectivity index (χ0v) is 19.4. The van der Waals surface area contributed by atoms with E-state index in [2.05, 4.69) is 45.4 Å². The summed E-state index contributed by atoms with van der Waals surface area (Å²) < 4.78 is 22.7. The summed E-state index contributed by atoms with van der Waals surface area (Å²) in [5, 5.41) is 10.1. The van der Waals surface area contributed by atoms with Gasteiger partial charge in [-0.15, -0.1) is 0 Å². The maximum atomic E-state index is 12.6. The van der Waals surface area contributed by atoms with Crippen LogP contribution in [0, 0.1) is 5.92 Å². The first-order chi connectivity index (χ1) is 15.9. The lowest BCUT2D eigenvalue weighted by atomic mass is 9.96. The van der Waals surface area contributed by atoms with E-state index < -0.39 is 10.0 Å². The fourth-order valence-electron chi connectivity index (χ4n) is 4.30. The number of nitrogens with one attached hydrogen (secondary N) is 3. The lowest BCUT2D eigenvalue weighted by Gasteiger charge is -2.32. The number of rotatable bonds is 8. The standard InChI is InChI=1S/C23H32N6O3S/c24-33(31,32)21-8-6-20(7-9-21)16-29-17-22(26-27-29)23(30)25-14-18-10-12-28(13-11-18)15-19-4-2-1-3-5-19/h1-9,18,22,26-27H,10-17H2,(H,25,30)(H2,24,31,32). The van der Waals surface area contributed by atoms with Crippen molar-refractivity contribution in [2.75, 3.05) is 26.2 Å². The van der Waals surface area contributed by atoms with Gasteiger partial charge in [-0.05, 0) is 55.1 Å². The van der Waals surface area contributed by atoms with E-state index in [1.54, 1.807) is 12.1 Å². The SMILES string of the molecule is NS(=O)(=O)c1ccc(CN2CC(C(=O)NCC3CCN(Cc4ccccc4)CC3)NN2)cc1. The minimum atomic E-state index is -3.70. The average molecular weight is 473 g/mol. The van der Waals surface area contributed by atoms with Crippen LogP contribution in [0.1, 0.15) is 24.0 Å². The molecule has 2 heterocycles. The molecule has 0 spiro atoms. The maximum Gasteiger partial charge on any atom is 0.239 e. The van der Waals surface area contributed by atoms with Gasteiger partial charge in [0.05, 0.1) is 4.90 Å². The summed E-state index contributed by atoms with van der Waals surface area (Å²) in [7, 11) is -3.70. The molecule has 2 aliphatic rings. The lowest BCUT2D eigenvalue weighted by molar-refractivity contribution is -0.122. The van der Waals surface area contributed by atoms with E-state index in [-0.39, 0.29) is 16.8 Å². The van der Waals surface area contributed by atoms with Crippen molar-refractivity contribution >= 4 is 15.9 Å². The number of amides is 1. The molecule has 2 aromatic carbocycles. The third kappa shape index (κ3) is 6.83. The Balaban J connectivity index is 1.16. The summed E-state index contributed by atoms with van der Waals surface area (Å²) in [4.78, 5) is 15.2. The van der Waals surface area contributed by atoms with Gasteiger partial charge in [0.25, 0.3) is 0 Å². The molecule has 1 unspecified atom stereocenters. The molecule has 1 atom stereocenters. The monoisotopic (exact) mass is 472 g/mol. The van der Waals surface area contributed by atoms with Crippen molar-refractivity contribution in [3.05, 3.63) is 65.7 Å². The average Bonchev–Trinajstić information content (AvgIpc) is 3.27. The minimum Gasteiger partial charge on any atom is -0.354 e. The topological polar surface area (TPSA) is 120 Å². The highest BCUT2D eigenvalue weighted by Crippen LogP contribution is 2.18. The molecule has 0 bridgehead atoms. The first kappa shape index (κ1) is 23.8. The molecule has 4 rings (SSSR count). The van der Waals surface area contributed by atoms with Crippen LogP contribution in [-0.4, -0.2) is 56.5 Å². The van der Waals surface area contributed by atoms with Crippen LogP contribution in [0.3, 0.4) is 0 Å². The molecule has 1 amide bonds. The minimum absolute atomic E-state index is 0.0127. The van der Waals surface area contributed by atoms with Crippen molar-refractivity contribution in [2.45, 2.75) is 36.9 Å². The van der Waals surface area contributed by atoms with Gasteiger partial charge in [0.2, 0.25) is 15.9 Å². The van der Waals surface area contributed by atoms with Gasteiger partial charge in [0.15, 0.2) is 0 Å². The van der Waals surface area contributed by atoms with E-state index in [1.165, 1.54) is 17.7 Å². The van der Waals surface area contributed by atoms with Crippen molar-refractivity contribution in [2.24, 2.45) is 11.1 Å². The molecule has 2 aliphatic heterocycles. The highest BCUT2D eigenvalue weighted by Gasteiger charge is 2.28. The number of hydrogen-bond donors (Lipinski definition) is 4. The summed E-state index contributed by atoms with van der Waals surface area (Å²) in [6.45, 7) is 4.83. The maximum absolute atomic E-state index is 12.6. The van der Waals surface area contributed by atoms with Crippen LogP contribution in [0.2, 0.25) is 0 Å². The normalized spacial score (nSPS) is 20.7. The number of nitrogens with zero attached hydrogens (tertiary/aromatic N) is 2. The van der Waals surface area contributed by atoms with Crippen molar-refractivity contribution < 1.29 is 13.2 Å². The van der Waals surface area contributed by atoms with Crippen LogP contribution in [0.4, 0.5) is 0 Å². The number of carbonyl (C=O) groups is 1. The molecule has 0 aromatic heterocycles. The van der Waals surface area contributed by atoms with Gasteiger partial charge in [0, 0.05) is 26.2 Å². The number of piperidine rings is 1. The van der Waals surface area contributed by atoms with Gasteiger partial charge >= 0.3 is 0 Å². The van der Waals surface area contributed by atoms with Gasteiger partial charge < -0.3 is 5.32 Å². The smallest absolute Gasteiger partial charge is 0.239 e. The van der Waals surface area contributed by atoms with Crippen LogP contribution in [0.5, 0.6) is 0 Å². The Hall–Kier alpha value is -2.34. The first-order valence-corrected chi connectivity index (χ1v) is 12.8. The van der Waals surface area contributed by atoms with Crippen LogP contribution in [-0.2, 0) is 27.9 Å². The number of hydrogen-bond acceptors (Lipinski definition) is 7. The van der Waals surface area contributed by atoms with Crippen LogP contribution in [0.25, 0.3) is 0 Å². The predicted octanol–water partition coefficient (Wildman–Crippen LogP) is 0.556. The Labute approximate surface area is 195 Å². The van der Waals surface area contributed by atoms with E-state index in [9.17, 15) is 13.2 Å². The Morgan fingerprint density at radius 3 is 2.33 bits per heavy atom. The van der Waals surface area contributed by atoms with Gasteiger partial charge in [-0.3, -0.25) is 9.69 Å². The zero-order chi connectivity index (χ0) is 23.3. The Morgan fingerprint density at radius 1 is 1.00 bits per heavy atom. The summed E-state index contributed by atoms with van der Waals surface area (Å²) in [5.74, 6) is 0.491. The van der Waals surface area contributed by atoms with Crippen molar-refractivity contribution in [3.63, 3.8) is 0 Å². The number of likely N-dealkylation sites (tertiary alicyclic amines) is 1. The molecule has 2 saturated heterocycles. The van der Waals surface area contributed by atoms with Gasteiger partial charge in [0.1, 0.15) is 6.04 Å². The molecule has 2 aromatic rings. The summed E-state index contributed by atoms with van der Waals surface area (Å²) in [5.41, 5.74) is 8.30. The van der Waals surface area contributed by atoms with Crippen LogP contribution < -0.4 is 21.4 Å². The molecule has 2 fully saturated rings. The van der Waals surface area contributed by atoms with Gasteiger partial charge in [-0.1, -0.05) is 42.5 Å². The number of hydrazine groups is 2. The Kier molecular flexibility index (Phi) is 7.74. The molecular weight excluding hydrogens is 440 g/mol. The van der Waals surface area contributed by atoms with Gasteiger partial charge in [-0.25, -0.2) is 24.0 Å². The molecule has 0 saturated carbocycles. The molecule has 0 aliphatic carbocycles. The predicted molar refractivity (Wildman–Crippen MR) is 126 cm³/mol. The molecule has 9 nitrogen and oxygen atoms in total. The number of nitrogens with two attached hydrogens (primary N) is 1. The van der Waals surface area contributed by atoms with Crippen LogP contribution >= 0.6 is 0 Å². The first-order valence-electron chi connectivity index (χ1n) is 11.3. The van der Waals surface area contributed by atoms with E-state index in [1.807, 2.05) is 11.1 Å². The largest absolute Gasteiger partial charge is 0.354 e. The lowest BCUT2D eigenvalue weighted by Crippen LogP contribution is -2.46. The second-order valence-corrected chi connectivity index (χ2v) is 10.4. The van der Waals surface area contributed by atoms with E-state index in [4.69, 9.17) is 5.14 Å². The van der Waals surface area contributed by atoms with Crippen molar-refractivity contribution in [3.8, 4) is 0 Å². The third-order valence-corrected chi connectivity index (χ3v) is 7.19. The Morgan fingerprint density at radius 2 is 1.67 bits per heavy atom. The quantitative estimate of drug-likeness (QED) is 0.443. The molecule has 5 N–H and O–H groups in total. The molecule has 0 radical (unpaired) electrons. The molecular formula is C23H32N6O3S. The molecule has 10 heteroatoms. The van der Waals surface area contributed by atoms with Crippen LogP contribution in [0.15, 0.2) is 59.5 Å². The van der Waals surface area contributed by atoms with Crippen molar-refractivity contribution in [1.82, 2.24) is 26.2 Å². The second kappa shape index (κ2) is 10.7. The van der Waals surface area contributed by atoms with E-state index >= 15 is 0 Å². The Bertz CT molecular complexity index is 1020. The van der Waals surface area contributed by atoms with Crippen molar-refractivity contribution in [1.29, 1.82) is 0 Å². The zero-order valence-electron chi connectivity index (χ0n) is 18.6. The molecule has 33 heavy (non-hydrogen) atoms.